The summed E-state index contributed by atoms with van der Waals surface area (Å²) in [4.78, 5) is 12.6. The number of nitrogen functional groups attached to an aromatic ring is 1. The Morgan fingerprint density at radius 1 is 1.13 bits per heavy atom. The maximum atomic E-state index is 12.6. The van der Waals surface area contributed by atoms with Gasteiger partial charge < -0.3 is 10.2 Å². The molecule has 23 heavy (non-hydrogen) atoms. The minimum absolute atomic E-state index is 0.0313. The summed E-state index contributed by atoms with van der Waals surface area (Å²) in [6, 6.07) is 12.8. The normalized spacial score (nSPS) is 15.3. The quantitative estimate of drug-likeness (QED) is 0.670. The first-order valence-corrected chi connectivity index (χ1v) is 7.82. The summed E-state index contributed by atoms with van der Waals surface area (Å²) in [7, 11) is 0. The lowest BCUT2D eigenvalue weighted by molar-refractivity contribution is 0.585. The summed E-state index contributed by atoms with van der Waals surface area (Å²) in [6.45, 7) is 0. The molecule has 1 aliphatic carbocycles. The number of allylic oxidation sites excluding steroid dienone is 1. The molecule has 4 rings (SSSR count). The minimum Gasteiger partial charge on any atom is -0.456 e. The van der Waals surface area contributed by atoms with Gasteiger partial charge in [-0.25, -0.2) is 0 Å². The predicted molar refractivity (Wildman–Crippen MR) is 94.5 cm³/mol. The lowest BCUT2D eigenvalue weighted by Gasteiger charge is -2.05. The fraction of sp³-hybridized carbons (Fsp3) is 0.105. The first-order chi connectivity index (χ1) is 11.1. The first-order valence-electron chi connectivity index (χ1n) is 7.44. The SMILES string of the molecule is Nc1ccc2c(=O)c3c(oc2c1)/C(=C/c1ccccc1Cl)CC3. The first kappa shape index (κ1) is 14.1. The number of fused-ring (bicyclic) bond motifs is 2. The molecule has 0 amide bonds. The van der Waals surface area contributed by atoms with Crippen molar-refractivity contribution in [2.75, 3.05) is 5.73 Å². The molecule has 0 saturated heterocycles. The summed E-state index contributed by atoms with van der Waals surface area (Å²) in [5, 5.41) is 1.26. The Balaban J connectivity index is 1.93. The van der Waals surface area contributed by atoms with Crippen LogP contribution in [0.4, 0.5) is 5.69 Å². The molecule has 1 heterocycles. The minimum atomic E-state index is 0.0313. The molecule has 1 aliphatic rings. The monoisotopic (exact) mass is 323 g/mol. The van der Waals surface area contributed by atoms with E-state index in [1.165, 1.54) is 0 Å². The highest BCUT2D eigenvalue weighted by Crippen LogP contribution is 2.35. The van der Waals surface area contributed by atoms with Crippen molar-refractivity contribution in [2.45, 2.75) is 12.8 Å². The molecule has 0 aliphatic heterocycles. The van der Waals surface area contributed by atoms with Gasteiger partial charge >= 0.3 is 0 Å². The molecule has 1 aromatic heterocycles. The predicted octanol–water partition coefficient (Wildman–Crippen LogP) is 4.52. The van der Waals surface area contributed by atoms with E-state index < -0.39 is 0 Å². The van der Waals surface area contributed by atoms with Gasteiger partial charge in [-0.2, -0.15) is 0 Å². The number of nitrogens with two attached hydrogens (primary N) is 1. The zero-order valence-electron chi connectivity index (χ0n) is 12.3. The van der Waals surface area contributed by atoms with Crippen molar-refractivity contribution in [2.24, 2.45) is 0 Å². The van der Waals surface area contributed by atoms with Gasteiger partial charge in [-0.05, 0) is 48.3 Å². The summed E-state index contributed by atoms with van der Waals surface area (Å²) in [6.07, 6.45) is 3.45. The van der Waals surface area contributed by atoms with Gasteiger partial charge in [-0.3, -0.25) is 4.79 Å². The average molecular weight is 324 g/mol. The van der Waals surface area contributed by atoms with Crippen LogP contribution in [0.3, 0.4) is 0 Å². The van der Waals surface area contributed by atoms with Gasteiger partial charge in [0, 0.05) is 22.3 Å². The van der Waals surface area contributed by atoms with Crippen LogP contribution in [0.5, 0.6) is 0 Å². The van der Waals surface area contributed by atoms with Gasteiger partial charge in [0.25, 0.3) is 0 Å². The van der Waals surface area contributed by atoms with Crippen LogP contribution in [-0.2, 0) is 6.42 Å². The topological polar surface area (TPSA) is 56.2 Å². The van der Waals surface area contributed by atoms with Crippen LogP contribution in [0.2, 0.25) is 5.02 Å². The number of anilines is 1. The van der Waals surface area contributed by atoms with Crippen LogP contribution in [-0.4, -0.2) is 0 Å². The second-order valence-electron chi connectivity index (χ2n) is 5.69. The van der Waals surface area contributed by atoms with E-state index >= 15 is 0 Å². The van der Waals surface area contributed by atoms with E-state index in [0.717, 1.165) is 23.1 Å². The largest absolute Gasteiger partial charge is 0.456 e. The zero-order chi connectivity index (χ0) is 16.0. The zero-order valence-corrected chi connectivity index (χ0v) is 13.1. The molecule has 2 N–H and O–H groups in total. The lowest BCUT2D eigenvalue weighted by Crippen LogP contribution is -2.08. The van der Waals surface area contributed by atoms with Gasteiger partial charge in [-0.15, -0.1) is 0 Å². The van der Waals surface area contributed by atoms with E-state index in [1.807, 2.05) is 30.3 Å². The van der Waals surface area contributed by atoms with E-state index in [0.29, 0.717) is 33.9 Å². The Labute approximate surface area is 138 Å². The second kappa shape index (κ2) is 5.28. The third-order valence-electron chi connectivity index (χ3n) is 4.18. The van der Waals surface area contributed by atoms with E-state index in [9.17, 15) is 4.79 Å². The molecule has 0 fully saturated rings. The van der Waals surface area contributed by atoms with Crippen molar-refractivity contribution >= 4 is 39.9 Å². The molecule has 0 saturated carbocycles. The maximum absolute atomic E-state index is 12.6. The second-order valence-corrected chi connectivity index (χ2v) is 6.09. The summed E-state index contributed by atoms with van der Waals surface area (Å²) < 4.78 is 6.00. The maximum Gasteiger partial charge on any atom is 0.196 e. The van der Waals surface area contributed by atoms with Crippen LogP contribution in [0.1, 0.15) is 23.3 Å². The molecule has 114 valence electrons. The third-order valence-corrected chi connectivity index (χ3v) is 4.53. The van der Waals surface area contributed by atoms with Crippen molar-refractivity contribution in [1.29, 1.82) is 0 Å². The Hall–Kier alpha value is -2.52. The summed E-state index contributed by atoms with van der Waals surface area (Å²) >= 11 is 6.22. The van der Waals surface area contributed by atoms with E-state index in [2.05, 4.69) is 0 Å². The van der Waals surface area contributed by atoms with Gasteiger partial charge in [0.05, 0.1) is 5.39 Å². The average Bonchev–Trinajstić information content (AvgIpc) is 2.93. The molecule has 3 aromatic rings. The third kappa shape index (κ3) is 2.34. The summed E-state index contributed by atoms with van der Waals surface area (Å²) in [5.41, 5.74) is 9.60. The number of halogens is 1. The van der Waals surface area contributed by atoms with Crippen LogP contribution in [0.25, 0.3) is 22.6 Å². The molecule has 4 heteroatoms. The van der Waals surface area contributed by atoms with Crippen molar-refractivity contribution < 1.29 is 4.42 Å². The number of rotatable bonds is 1. The Bertz CT molecular complexity index is 1020. The standard InChI is InChI=1S/C19H14ClNO2/c20-16-4-2-1-3-11(16)9-12-5-7-15-18(22)14-8-6-13(21)10-17(14)23-19(12)15/h1-4,6,8-10H,5,7,21H2/b12-9+. The highest BCUT2D eigenvalue weighted by Gasteiger charge is 2.24. The van der Waals surface area contributed by atoms with E-state index in [-0.39, 0.29) is 5.43 Å². The molecule has 0 radical (unpaired) electrons. The Morgan fingerprint density at radius 2 is 1.96 bits per heavy atom. The van der Waals surface area contributed by atoms with Crippen LogP contribution in [0, 0.1) is 0 Å². The van der Waals surface area contributed by atoms with Gasteiger partial charge in [0.1, 0.15) is 11.3 Å². The van der Waals surface area contributed by atoms with Crippen molar-refractivity contribution in [1.82, 2.24) is 0 Å². The smallest absolute Gasteiger partial charge is 0.196 e. The fourth-order valence-electron chi connectivity index (χ4n) is 3.03. The Kier molecular flexibility index (Phi) is 3.24. The van der Waals surface area contributed by atoms with Gasteiger partial charge in [0.15, 0.2) is 5.43 Å². The molecule has 2 aromatic carbocycles. The number of hydrogen-bond donors (Lipinski definition) is 1. The summed E-state index contributed by atoms with van der Waals surface area (Å²) in [5.74, 6) is 0.660. The van der Waals surface area contributed by atoms with Crippen LogP contribution < -0.4 is 11.2 Å². The number of benzene rings is 2. The van der Waals surface area contributed by atoms with Gasteiger partial charge in [0.2, 0.25) is 0 Å². The van der Waals surface area contributed by atoms with Crippen molar-refractivity contribution in [3.05, 3.63) is 74.6 Å². The van der Waals surface area contributed by atoms with Crippen LogP contribution >= 0.6 is 11.6 Å². The molecular weight excluding hydrogens is 310 g/mol. The lowest BCUT2D eigenvalue weighted by atomic mass is 10.1. The van der Waals surface area contributed by atoms with Crippen molar-refractivity contribution in [3.8, 4) is 0 Å². The molecule has 0 unspecified atom stereocenters. The highest BCUT2D eigenvalue weighted by molar-refractivity contribution is 6.32. The highest BCUT2D eigenvalue weighted by atomic mass is 35.5. The molecule has 0 spiro atoms. The molecule has 0 bridgehead atoms. The Morgan fingerprint density at radius 3 is 2.78 bits per heavy atom. The molecular formula is C19H14ClNO2. The van der Waals surface area contributed by atoms with E-state index in [4.69, 9.17) is 21.8 Å². The van der Waals surface area contributed by atoms with Gasteiger partial charge in [-0.1, -0.05) is 29.8 Å². The van der Waals surface area contributed by atoms with E-state index in [1.54, 1.807) is 18.2 Å². The van der Waals surface area contributed by atoms with Crippen molar-refractivity contribution in [3.63, 3.8) is 0 Å². The molecule has 0 atom stereocenters. The van der Waals surface area contributed by atoms with Crippen LogP contribution in [0.15, 0.2) is 51.7 Å². The fourth-order valence-corrected chi connectivity index (χ4v) is 3.22. The number of hydrogen-bond acceptors (Lipinski definition) is 3. The molecule has 3 nitrogen and oxygen atoms in total.